The number of aryl methyl sites for hydroxylation is 1. The van der Waals surface area contributed by atoms with Crippen LogP contribution < -0.4 is 15.0 Å². The van der Waals surface area contributed by atoms with Gasteiger partial charge in [0.15, 0.2) is 6.61 Å². The maximum Gasteiger partial charge on any atom is 0.264 e. The van der Waals surface area contributed by atoms with Crippen LogP contribution in [0.4, 0.5) is 11.4 Å². The number of hydrogen-bond donors (Lipinski definition) is 1. The minimum atomic E-state index is -0.0993. The molecule has 2 aliphatic rings. The van der Waals surface area contributed by atoms with Gasteiger partial charge >= 0.3 is 0 Å². The molecule has 128 valence electrons. The van der Waals surface area contributed by atoms with E-state index >= 15 is 0 Å². The summed E-state index contributed by atoms with van der Waals surface area (Å²) in [6.07, 6.45) is 0.878. The van der Waals surface area contributed by atoms with E-state index in [1.807, 2.05) is 18.2 Å². The topological polar surface area (TPSA) is 58.6 Å². The number of likely N-dealkylation sites (N-methyl/N-ethyl adjacent to an activating group) is 1. The van der Waals surface area contributed by atoms with E-state index in [0.717, 1.165) is 6.42 Å². The van der Waals surface area contributed by atoms with Crippen LogP contribution in [0.2, 0.25) is 0 Å². The number of nitrogens with zero attached hydrogens (tertiary/aromatic N) is 1. The first-order chi connectivity index (χ1) is 12.0. The maximum atomic E-state index is 12.6. The predicted octanol–water partition coefficient (Wildman–Crippen LogP) is 3.09. The third-order valence-corrected chi connectivity index (χ3v) is 5.03. The van der Waals surface area contributed by atoms with Crippen LogP contribution in [0.25, 0.3) is 0 Å². The van der Waals surface area contributed by atoms with E-state index in [9.17, 15) is 9.59 Å². The van der Waals surface area contributed by atoms with E-state index in [4.69, 9.17) is 4.74 Å². The molecule has 0 bridgehead atoms. The zero-order chi connectivity index (χ0) is 17.6. The second-order valence-electron chi connectivity index (χ2n) is 6.72. The van der Waals surface area contributed by atoms with Crippen LogP contribution in [-0.4, -0.2) is 25.5 Å². The minimum Gasteiger partial charge on any atom is -0.482 e. The molecule has 2 amide bonds. The maximum absolute atomic E-state index is 12.6. The first-order valence-corrected chi connectivity index (χ1v) is 8.44. The van der Waals surface area contributed by atoms with E-state index in [0.29, 0.717) is 23.0 Å². The van der Waals surface area contributed by atoms with Gasteiger partial charge in [0.25, 0.3) is 5.91 Å². The van der Waals surface area contributed by atoms with Gasteiger partial charge in [-0.25, -0.2) is 0 Å². The molecule has 0 aromatic heterocycles. The molecule has 1 heterocycles. The van der Waals surface area contributed by atoms with Crippen molar-refractivity contribution in [2.45, 2.75) is 19.3 Å². The third kappa shape index (κ3) is 2.86. The molecule has 0 saturated heterocycles. The van der Waals surface area contributed by atoms with Crippen molar-refractivity contribution in [1.29, 1.82) is 0 Å². The number of ether oxygens (including phenoxy) is 1. The van der Waals surface area contributed by atoms with E-state index in [2.05, 4.69) is 24.4 Å². The van der Waals surface area contributed by atoms with Gasteiger partial charge in [-0.15, -0.1) is 0 Å². The molecular weight excluding hydrogens is 316 g/mol. The lowest BCUT2D eigenvalue weighted by molar-refractivity contribution is -0.121. The van der Waals surface area contributed by atoms with Crippen molar-refractivity contribution >= 4 is 23.2 Å². The van der Waals surface area contributed by atoms with Gasteiger partial charge in [-0.2, -0.15) is 0 Å². The number of hydrogen-bond acceptors (Lipinski definition) is 3. The SMILES string of the molecule is Cc1ccccc1[C@@H]1C[C@@H]1C(=O)Nc1ccc2c(c1)N(C)C(=O)CO2. The molecule has 2 aromatic carbocycles. The number of amides is 2. The van der Waals surface area contributed by atoms with Crippen molar-refractivity contribution in [3.05, 3.63) is 53.6 Å². The van der Waals surface area contributed by atoms with Crippen molar-refractivity contribution in [3.8, 4) is 5.75 Å². The fourth-order valence-corrected chi connectivity index (χ4v) is 3.42. The van der Waals surface area contributed by atoms with Gasteiger partial charge in [-0.1, -0.05) is 24.3 Å². The summed E-state index contributed by atoms with van der Waals surface area (Å²) in [6.45, 7) is 2.13. The summed E-state index contributed by atoms with van der Waals surface area (Å²) in [7, 11) is 1.71. The molecule has 5 nitrogen and oxygen atoms in total. The first kappa shape index (κ1) is 15.7. The number of rotatable bonds is 3. The summed E-state index contributed by atoms with van der Waals surface area (Å²) in [4.78, 5) is 25.9. The molecule has 1 aliphatic heterocycles. The van der Waals surface area contributed by atoms with Gasteiger partial charge in [-0.3, -0.25) is 9.59 Å². The summed E-state index contributed by atoms with van der Waals surface area (Å²) < 4.78 is 5.41. The molecule has 0 spiro atoms. The average Bonchev–Trinajstić information content (AvgIpc) is 3.40. The van der Waals surface area contributed by atoms with Crippen LogP contribution in [-0.2, 0) is 9.59 Å². The van der Waals surface area contributed by atoms with Crippen molar-refractivity contribution < 1.29 is 14.3 Å². The molecule has 2 atom stereocenters. The van der Waals surface area contributed by atoms with Gasteiger partial charge in [0, 0.05) is 18.7 Å². The highest BCUT2D eigenvalue weighted by Gasteiger charge is 2.44. The molecule has 0 unspecified atom stereocenters. The van der Waals surface area contributed by atoms with Crippen LogP contribution in [0.1, 0.15) is 23.5 Å². The van der Waals surface area contributed by atoms with Crippen LogP contribution >= 0.6 is 0 Å². The Balaban J connectivity index is 1.48. The molecule has 1 fully saturated rings. The summed E-state index contributed by atoms with van der Waals surface area (Å²) in [6, 6.07) is 13.6. The summed E-state index contributed by atoms with van der Waals surface area (Å²) in [5, 5.41) is 2.98. The Bertz CT molecular complexity index is 862. The van der Waals surface area contributed by atoms with Crippen molar-refractivity contribution in [3.63, 3.8) is 0 Å². The highest BCUT2D eigenvalue weighted by molar-refractivity contribution is 6.00. The van der Waals surface area contributed by atoms with Crippen LogP contribution in [0.5, 0.6) is 5.75 Å². The fourth-order valence-electron chi connectivity index (χ4n) is 3.42. The molecule has 4 rings (SSSR count). The number of carbonyl (C=O) groups is 2. The van der Waals surface area contributed by atoms with Gasteiger partial charge in [-0.05, 0) is 48.6 Å². The van der Waals surface area contributed by atoms with E-state index in [1.165, 1.54) is 11.1 Å². The Hall–Kier alpha value is -2.82. The third-order valence-electron chi connectivity index (χ3n) is 5.03. The average molecular weight is 336 g/mol. The first-order valence-electron chi connectivity index (χ1n) is 8.44. The van der Waals surface area contributed by atoms with Crippen LogP contribution in [0.3, 0.4) is 0 Å². The Morgan fingerprint density at radius 3 is 2.84 bits per heavy atom. The summed E-state index contributed by atoms with van der Waals surface area (Å²) in [5.41, 5.74) is 3.85. The lowest BCUT2D eigenvalue weighted by Crippen LogP contribution is -2.35. The van der Waals surface area contributed by atoms with Crippen molar-refractivity contribution in [1.82, 2.24) is 0 Å². The molecule has 1 aliphatic carbocycles. The summed E-state index contributed by atoms with van der Waals surface area (Å²) >= 11 is 0. The molecule has 5 heteroatoms. The van der Waals surface area contributed by atoms with Crippen molar-refractivity contribution in [2.24, 2.45) is 5.92 Å². The van der Waals surface area contributed by atoms with Crippen molar-refractivity contribution in [2.75, 3.05) is 23.9 Å². The Kier molecular flexibility index (Phi) is 3.71. The molecular formula is C20H20N2O3. The second kappa shape index (κ2) is 5.92. The highest BCUT2D eigenvalue weighted by Crippen LogP contribution is 2.49. The second-order valence-corrected chi connectivity index (χ2v) is 6.72. The Morgan fingerprint density at radius 2 is 2.04 bits per heavy atom. The van der Waals surface area contributed by atoms with Gasteiger partial charge < -0.3 is 15.0 Å². The quantitative estimate of drug-likeness (QED) is 0.937. The lowest BCUT2D eigenvalue weighted by Gasteiger charge is -2.26. The number of nitrogens with one attached hydrogen (secondary N) is 1. The van der Waals surface area contributed by atoms with E-state index < -0.39 is 0 Å². The molecule has 25 heavy (non-hydrogen) atoms. The van der Waals surface area contributed by atoms with Gasteiger partial charge in [0.05, 0.1) is 5.69 Å². The largest absolute Gasteiger partial charge is 0.482 e. The van der Waals surface area contributed by atoms with Gasteiger partial charge in [0.1, 0.15) is 5.75 Å². The molecule has 0 radical (unpaired) electrons. The van der Waals surface area contributed by atoms with E-state index in [-0.39, 0.29) is 24.3 Å². The standard InChI is InChI=1S/C20H20N2O3/c1-12-5-3-4-6-14(12)15-10-16(15)20(24)21-13-7-8-18-17(9-13)22(2)19(23)11-25-18/h3-9,15-16H,10-11H2,1-2H3,(H,21,24)/t15-,16-/m0/s1. The number of benzene rings is 2. The zero-order valence-corrected chi connectivity index (χ0v) is 14.3. The fraction of sp³-hybridized carbons (Fsp3) is 0.300. The Labute approximate surface area is 146 Å². The predicted molar refractivity (Wildman–Crippen MR) is 96.0 cm³/mol. The Morgan fingerprint density at radius 1 is 1.24 bits per heavy atom. The summed E-state index contributed by atoms with van der Waals surface area (Å²) in [5.74, 6) is 0.889. The van der Waals surface area contributed by atoms with Gasteiger partial charge in [0.2, 0.25) is 5.91 Å². The minimum absolute atomic E-state index is 0.00717. The lowest BCUT2D eigenvalue weighted by atomic mass is 10.0. The zero-order valence-electron chi connectivity index (χ0n) is 14.3. The van der Waals surface area contributed by atoms with Crippen LogP contribution in [0, 0.1) is 12.8 Å². The molecule has 1 N–H and O–H groups in total. The number of carbonyl (C=O) groups excluding carboxylic acids is 2. The normalized spacial score (nSPS) is 21.4. The van der Waals surface area contributed by atoms with Crippen LogP contribution in [0.15, 0.2) is 42.5 Å². The number of fused-ring (bicyclic) bond motifs is 1. The van der Waals surface area contributed by atoms with E-state index in [1.54, 1.807) is 24.1 Å². The highest BCUT2D eigenvalue weighted by atomic mass is 16.5. The number of anilines is 2. The molecule has 1 saturated carbocycles. The smallest absolute Gasteiger partial charge is 0.264 e. The monoisotopic (exact) mass is 336 g/mol. The molecule has 2 aromatic rings.